The monoisotopic (exact) mass is 266 g/mol. The lowest BCUT2D eigenvalue weighted by atomic mass is 10.1. The van der Waals surface area contributed by atoms with E-state index < -0.39 is 15.7 Å². The Hall–Kier alpha value is -1.95. The summed E-state index contributed by atoms with van der Waals surface area (Å²) in [7, 11) is -3.32. The molecule has 0 aliphatic rings. The van der Waals surface area contributed by atoms with Crippen LogP contribution in [0.1, 0.15) is 0 Å². The number of hydrogen-bond acceptors (Lipinski definition) is 4. The summed E-state index contributed by atoms with van der Waals surface area (Å²) < 4.78 is 36.5. The van der Waals surface area contributed by atoms with Gasteiger partial charge in [0.25, 0.3) is 0 Å². The molecule has 0 saturated heterocycles. The van der Waals surface area contributed by atoms with Gasteiger partial charge in [-0.3, -0.25) is 0 Å². The van der Waals surface area contributed by atoms with Crippen molar-refractivity contribution in [1.82, 2.24) is 4.98 Å². The molecule has 1 aromatic carbocycles. The fourth-order valence-corrected chi connectivity index (χ4v) is 2.22. The minimum absolute atomic E-state index is 0.0792. The van der Waals surface area contributed by atoms with Gasteiger partial charge in [0.2, 0.25) is 0 Å². The van der Waals surface area contributed by atoms with E-state index in [4.69, 9.17) is 5.73 Å². The van der Waals surface area contributed by atoms with Gasteiger partial charge in [-0.25, -0.2) is 17.8 Å². The fraction of sp³-hybridized carbons (Fsp3) is 0.0833. The molecule has 0 bridgehead atoms. The average molecular weight is 266 g/mol. The van der Waals surface area contributed by atoms with Crippen molar-refractivity contribution in [1.29, 1.82) is 0 Å². The van der Waals surface area contributed by atoms with Gasteiger partial charge in [0.15, 0.2) is 9.84 Å². The predicted molar refractivity (Wildman–Crippen MR) is 67.2 cm³/mol. The molecule has 2 N–H and O–H groups in total. The average Bonchev–Trinajstić information content (AvgIpc) is 2.28. The molecule has 2 aromatic rings. The summed E-state index contributed by atoms with van der Waals surface area (Å²) in [6.45, 7) is 0. The molecule has 0 aliphatic heterocycles. The maximum atomic E-state index is 13.7. The molecule has 0 aliphatic carbocycles. The van der Waals surface area contributed by atoms with Crippen LogP contribution in [0.25, 0.3) is 11.1 Å². The molecule has 2 rings (SSSR count). The Labute approximate surface area is 104 Å². The summed E-state index contributed by atoms with van der Waals surface area (Å²) in [6.07, 6.45) is 2.38. The van der Waals surface area contributed by atoms with Gasteiger partial charge in [-0.15, -0.1) is 0 Å². The highest BCUT2D eigenvalue weighted by molar-refractivity contribution is 7.90. The van der Waals surface area contributed by atoms with Crippen LogP contribution >= 0.6 is 0 Å². The van der Waals surface area contributed by atoms with Crippen molar-refractivity contribution in [3.63, 3.8) is 0 Å². The number of hydrogen-bond donors (Lipinski definition) is 1. The van der Waals surface area contributed by atoms with Gasteiger partial charge < -0.3 is 5.73 Å². The van der Waals surface area contributed by atoms with Gasteiger partial charge in [0.1, 0.15) is 11.6 Å². The SMILES string of the molecule is CS(=O)(=O)c1cccc(-c2cnc(N)cc2F)c1. The Morgan fingerprint density at radius 1 is 1.28 bits per heavy atom. The Morgan fingerprint density at radius 3 is 2.61 bits per heavy atom. The topological polar surface area (TPSA) is 73.0 Å². The van der Waals surface area contributed by atoms with Crippen molar-refractivity contribution in [3.05, 3.63) is 42.3 Å². The molecular formula is C12H11FN2O2S. The summed E-state index contributed by atoms with van der Waals surface area (Å²) in [5, 5.41) is 0. The summed E-state index contributed by atoms with van der Waals surface area (Å²) in [6, 6.07) is 7.14. The molecule has 0 unspecified atom stereocenters. The number of aromatic nitrogens is 1. The highest BCUT2D eigenvalue weighted by atomic mass is 32.2. The van der Waals surface area contributed by atoms with Crippen molar-refractivity contribution < 1.29 is 12.8 Å². The van der Waals surface area contributed by atoms with E-state index >= 15 is 0 Å². The molecule has 6 heteroatoms. The second-order valence-corrected chi connectivity index (χ2v) is 5.90. The molecule has 94 valence electrons. The zero-order valence-corrected chi connectivity index (χ0v) is 10.4. The van der Waals surface area contributed by atoms with Crippen molar-refractivity contribution >= 4 is 15.7 Å². The third-order valence-corrected chi connectivity index (χ3v) is 3.56. The quantitative estimate of drug-likeness (QED) is 0.900. The summed E-state index contributed by atoms with van der Waals surface area (Å²) >= 11 is 0. The van der Waals surface area contributed by atoms with Crippen LogP contribution in [0.15, 0.2) is 41.4 Å². The van der Waals surface area contributed by atoms with Crippen molar-refractivity contribution in [2.45, 2.75) is 4.90 Å². The van der Waals surface area contributed by atoms with Crippen LogP contribution in [0.3, 0.4) is 0 Å². The zero-order chi connectivity index (χ0) is 13.3. The van der Waals surface area contributed by atoms with Gasteiger partial charge in [0, 0.05) is 24.1 Å². The van der Waals surface area contributed by atoms with E-state index in [0.29, 0.717) is 5.56 Å². The van der Waals surface area contributed by atoms with Crippen molar-refractivity contribution in [2.75, 3.05) is 12.0 Å². The molecule has 0 fully saturated rings. The fourth-order valence-electron chi connectivity index (χ4n) is 1.55. The number of anilines is 1. The van der Waals surface area contributed by atoms with Crippen molar-refractivity contribution in [3.8, 4) is 11.1 Å². The van der Waals surface area contributed by atoms with Crippen LogP contribution in [-0.4, -0.2) is 19.7 Å². The van der Waals surface area contributed by atoms with E-state index in [2.05, 4.69) is 4.98 Å². The van der Waals surface area contributed by atoms with Crippen LogP contribution in [0.2, 0.25) is 0 Å². The first-order valence-electron chi connectivity index (χ1n) is 5.09. The number of pyridine rings is 1. The first kappa shape index (κ1) is 12.5. The third-order valence-electron chi connectivity index (χ3n) is 2.45. The predicted octanol–water partition coefficient (Wildman–Crippen LogP) is 1.87. The van der Waals surface area contributed by atoms with E-state index in [1.807, 2.05) is 0 Å². The smallest absolute Gasteiger partial charge is 0.175 e. The third kappa shape index (κ3) is 2.48. The van der Waals surface area contributed by atoms with Gasteiger partial charge in [-0.2, -0.15) is 0 Å². The first-order valence-corrected chi connectivity index (χ1v) is 6.98. The van der Waals surface area contributed by atoms with Gasteiger partial charge in [0.05, 0.1) is 4.90 Å². The molecule has 0 spiro atoms. The number of nitrogens with zero attached hydrogens (tertiary/aromatic N) is 1. The second-order valence-electron chi connectivity index (χ2n) is 3.89. The summed E-state index contributed by atoms with van der Waals surface area (Å²) in [5.41, 5.74) is 6.02. The van der Waals surface area contributed by atoms with Gasteiger partial charge in [-0.1, -0.05) is 12.1 Å². The van der Waals surface area contributed by atoms with Crippen LogP contribution in [0.5, 0.6) is 0 Å². The highest BCUT2D eigenvalue weighted by Crippen LogP contribution is 2.25. The number of nitrogens with two attached hydrogens (primary N) is 1. The van der Waals surface area contributed by atoms with E-state index in [-0.39, 0.29) is 16.3 Å². The molecule has 0 amide bonds. The molecule has 1 aromatic heterocycles. The molecule has 4 nitrogen and oxygen atoms in total. The number of halogens is 1. The van der Waals surface area contributed by atoms with Crippen molar-refractivity contribution in [2.24, 2.45) is 0 Å². The molecule has 0 atom stereocenters. The van der Waals surface area contributed by atoms with Crippen LogP contribution in [-0.2, 0) is 9.84 Å². The van der Waals surface area contributed by atoms with Crippen LogP contribution in [0.4, 0.5) is 10.2 Å². The second kappa shape index (κ2) is 4.38. The first-order chi connectivity index (χ1) is 8.38. The maximum Gasteiger partial charge on any atom is 0.175 e. The number of benzene rings is 1. The molecule has 18 heavy (non-hydrogen) atoms. The Balaban J connectivity index is 2.58. The van der Waals surface area contributed by atoms with E-state index in [1.165, 1.54) is 18.3 Å². The normalized spacial score (nSPS) is 11.4. The Morgan fingerprint density at radius 2 is 2.00 bits per heavy atom. The molecular weight excluding hydrogens is 255 g/mol. The number of rotatable bonds is 2. The molecule has 0 radical (unpaired) electrons. The minimum Gasteiger partial charge on any atom is -0.384 e. The molecule has 1 heterocycles. The van der Waals surface area contributed by atoms with Gasteiger partial charge >= 0.3 is 0 Å². The van der Waals surface area contributed by atoms with Crippen LogP contribution < -0.4 is 5.73 Å². The highest BCUT2D eigenvalue weighted by Gasteiger charge is 2.11. The number of sulfone groups is 1. The lowest BCUT2D eigenvalue weighted by Crippen LogP contribution is -1.98. The molecule has 0 saturated carbocycles. The van der Waals surface area contributed by atoms with Crippen LogP contribution in [0, 0.1) is 5.82 Å². The Bertz CT molecular complexity index is 699. The maximum absolute atomic E-state index is 13.7. The lowest BCUT2D eigenvalue weighted by Gasteiger charge is -2.05. The van der Waals surface area contributed by atoms with E-state index in [0.717, 1.165) is 12.3 Å². The lowest BCUT2D eigenvalue weighted by molar-refractivity contribution is 0.601. The standard InChI is InChI=1S/C12H11FN2O2S/c1-18(16,17)9-4-2-3-8(5-9)10-7-15-12(14)6-11(10)13/h2-7H,1H3,(H2,14,15). The van der Waals surface area contributed by atoms with Gasteiger partial charge in [-0.05, 0) is 17.7 Å². The Kier molecular flexibility index (Phi) is 3.04. The van der Waals surface area contributed by atoms with E-state index in [9.17, 15) is 12.8 Å². The minimum atomic E-state index is -3.32. The summed E-state index contributed by atoms with van der Waals surface area (Å²) in [4.78, 5) is 3.93. The van der Waals surface area contributed by atoms with E-state index in [1.54, 1.807) is 12.1 Å². The summed E-state index contributed by atoms with van der Waals surface area (Å²) in [5.74, 6) is -0.455. The largest absolute Gasteiger partial charge is 0.384 e. The number of nitrogen functional groups attached to an aromatic ring is 1. The zero-order valence-electron chi connectivity index (χ0n) is 9.59.